The van der Waals surface area contributed by atoms with Crippen LogP contribution in [0.5, 0.6) is 0 Å². The number of benzene rings is 1. The van der Waals surface area contributed by atoms with Crippen LogP contribution in [0.3, 0.4) is 0 Å². The highest BCUT2D eigenvalue weighted by atomic mass is 35.5. The minimum absolute atomic E-state index is 0.0391. The van der Waals surface area contributed by atoms with Gasteiger partial charge in [-0.05, 0) is 18.2 Å². The fraction of sp³-hybridized carbons (Fsp3) is 0. The van der Waals surface area contributed by atoms with Gasteiger partial charge >= 0.3 is 5.97 Å². The summed E-state index contributed by atoms with van der Waals surface area (Å²) in [6.45, 7) is 0. The van der Waals surface area contributed by atoms with Crippen LogP contribution in [0.1, 0.15) is 10.4 Å². The first-order valence-corrected chi connectivity index (χ1v) is 5.46. The van der Waals surface area contributed by atoms with Gasteiger partial charge in [0.15, 0.2) is 5.82 Å². The Hall–Kier alpha value is -2.27. The van der Waals surface area contributed by atoms with Crippen molar-refractivity contribution in [2.24, 2.45) is 0 Å². The van der Waals surface area contributed by atoms with Gasteiger partial charge in [-0.3, -0.25) is 0 Å². The number of aromatic nitrogens is 1. The first-order valence-electron chi connectivity index (χ1n) is 5.08. The third-order valence-electron chi connectivity index (χ3n) is 2.29. The molecule has 0 atom stereocenters. The Morgan fingerprint density at radius 1 is 1.39 bits per heavy atom. The number of hydrogen-bond donors (Lipinski definition) is 3. The van der Waals surface area contributed by atoms with E-state index in [1.54, 1.807) is 18.2 Å². The second kappa shape index (κ2) is 4.93. The highest BCUT2D eigenvalue weighted by molar-refractivity contribution is 6.33. The van der Waals surface area contributed by atoms with Crippen molar-refractivity contribution >= 4 is 34.8 Å². The lowest BCUT2D eigenvalue weighted by Crippen LogP contribution is -2.04. The summed E-state index contributed by atoms with van der Waals surface area (Å²) in [4.78, 5) is 14.7. The van der Waals surface area contributed by atoms with Crippen LogP contribution in [0, 0.1) is 0 Å². The molecule has 1 aromatic carbocycles. The molecule has 0 aliphatic heterocycles. The van der Waals surface area contributed by atoms with Crippen molar-refractivity contribution in [2.45, 2.75) is 0 Å². The molecule has 5 nitrogen and oxygen atoms in total. The van der Waals surface area contributed by atoms with E-state index >= 15 is 0 Å². The number of nitrogens with two attached hydrogens (primary N) is 1. The third kappa shape index (κ3) is 2.52. The van der Waals surface area contributed by atoms with E-state index in [9.17, 15) is 4.79 Å². The van der Waals surface area contributed by atoms with Crippen molar-refractivity contribution in [3.8, 4) is 0 Å². The maximum Gasteiger partial charge on any atom is 0.337 e. The highest BCUT2D eigenvalue weighted by Gasteiger charge is 2.08. The molecule has 1 heterocycles. The molecule has 0 saturated heterocycles. The number of nitrogen functional groups attached to an aromatic ring is 1. The van der Waals surface area contributed by atoms with Crippen LogP contribution in [-0.4, -0.2) is 16.1 Å². The topological polar surface area (TPSA) is 88.2 Å². The molecule has 1 aromatic heterocycles. The molecule has 0 aliphatic rings. The lowest BCUT2D eigenvalue weighted by atomic mass is 10.2. The number of pyridine rings is 1. The van der Waals surface area contributed by atoms with Gasteiger partial charge in [-0.25, -0.2) is 9.78 Å². The number of para-hydroxylation sites is 1. The van der Waals surface area contributed by atoms with E-state index in [1.165, 1.54) is 12.3 Å². The van der Waals surface area contributed by atoms with Crippen molar-refractivity contribution in [1.29, 1.82) is 0 Å². The van der Waals surface area contributed by atoms with Crippen molar-refractivity contribution in [3.05, 3.63) is 47.1 Å². The van der Waals surface area contributed by atoms with Gasteiger partial charge < -0.3 is 16.2 Å². The fourth-order valence-corrected chi connectivity index (χ4v) is 1.58. The Morgan fingerprint density at radius 3 is 2.72 bits per heavy atom. The third-order valence-corrected chi connectivity index (χ3v) is 2.62. The number of anilines is 3. The minimum Gasteiger partial charge on any atom is -0.478 e. The van der Waals surface area contributed by atoms with Crippen LogP contribution in [0.25, 0.3) is 0 Å². The molecule has 2 rings (SSSR count). The number of carboxylic acid groups (broad SMARTS) is 1. The van der Waals surface area contributed by atoms with Crippen molar-refractivity contribution < 1.29 is 9.90 Å². The summed E-state index contributed by atoms with van der Waals surface area (Å²) in [5.41, 5.74) is 6.66. The summed E-state index contributed by atoms with van der Waals surface area (Å²) < 4.78 is 0. The first kappa shape index (κ1) is 12.2. The van der Waals surface area contributed by atoms with E-state index in [1.807, 2.05) is 6.07 Å². The average molecular weight is 264 g/mol. The quantitative estimate of drug-likeness (QED) is 0.792. The maximum atomic E-state index is 10.7. The van der Waals surface area contributed by atoms with Crippen LogP contribution in [0.4, 0.5) is 17.2 Å². The summed E-state index contributed by atoms with van der Waals surface area (Å²) in [7, 11) is 0. The van der Waals surface area contributed by atoms with Gasteiger partial charge in [0.2, 0.25) is 0 Å². The van der Waals surface area contributed by atoms with Gasteiger partial charge in [0.1, 0.15) is 0 Å². The summed E-state index contributed by atoms with van der Waals surface area (Å²) in [5.74, 6) is -0.702. The summed E-state index contributed by atoms with van der Waals surface area (Å²) >= 11 is 5.98. The van der Waals surface area contributed by atoms with E-state index in [2.05, 4.69) is 10.3 Å². The minimum atomic E-state index is -1.07. The number of nitrogens with one attached hydrogen (secondary N) is 1. The first-order chi connectivity index (χ1) is 8.58. The highest BCUT2D eigenvalue weighted by Crippen LogP contribution is 2.26. The van der Waals surface area contributed by atoms with Crippen molar-refractivity contribution in [3.63, 3.8) is 0 Å². The van der Waals surface area contributed by atoms with E-state index in [0.717, 1.165) is 0 Å². The molecule has 0 radical (unpaired) electrons. The second-order valence-electron chi connectivity index (χ2n) is 3.57. The zero-order valence-electron chi connectivity index (χ0n) is 9.22. The molecular weight excluding hydrogens is 254 g/mol. The molecule has 6 heteroatoms. The number of nitrogens with zero attached hydrogens (tertiary/aromatic N) is 1. The molecule has 0 saturated carbocycles. The van der Waals surface area contributed by atoms with Crippen LogP contribution >= 0.6 is 11.6 Å². The summed E-state index contributed by atoms with van der Waals surface area (Å²) in [6.07, 6.45) is 1.23. The lowest BCUT2D eigenvalue weighted by Gasteiger charge is -2.09. The number of rotatable bonds is 3. The number of halogens is 1. The standard InChI is InChI=1S/C12H10ClN3O2/c13-8-3-1-2-4-10(8)16-11-9(14)5-7(6-15-11)12(17)18/h1-6H,14H2,(H,15,16)(H,17,18). The van der Waals surface area contributed by atoms with E-state index in [0.29, 0.717) is 16.5 Å². The van der Waals surface area contributed by atoms with Gasteiger partial charge in [-0.15, -0.1) is 0 Å². The van der Waals surface area contributed by atoms with Gasteiger partial charge in [0.05, 0.1) is 22.0 Å². The van der Waals surface area contributed by atoms with Crippen molar-refractivity contribution in [1.82, 2.24) is 4.98 Å². The molecular formula is C12H10ClN3O2. The molecule has 0 aliphatic carbocycles. The molecule has 0 unspecified atom stereocenters. The molecule has 0 fully saturated rings. The molecule has 0 bridgehead atoms. The molecule has 2 aromatic rings. The average Bonchev–Trinajstić information content (AvgIpc) is 2.34. The molecule has 18 heavy (non-hydrogen) atoms. The molecule has 4 N–H and O–H groups in total. The number of hydrogen-bond acceptors (Lipinski definition) is 4. The van der Waals surface area contributed by atoms with Gasteiger partial charge in [0.25, 0.3) is 0 Å². The summed E-state index contributed by atoms with van der Waals surface area (Å²) in [6, 6.07) is 8.46. The summed E-state index contributed by atoms with van der Waals surface area (Å²) in [5, 5.41) is 12.3. The normalized spacial score (nSPS) is 10.1. The van der Waals surface area contributed by atoms with Gasteiger partial charge in [0, 0.05) is 6.20 Å². The predicted molar refractivity (Wildman–Crippen MR) is 70.3 cm³/mol. The van der Waals surface area contributed by atoms with Crippen LogP contribution in [-0.2, 0) is 0 Å². The predicted octanol–water partition coefficient (Wildman–Crippen LogP) is 2.76. The van der Waals surface area contributed by atoms with E-state index in [4.69, 9.17) is 22.4 Å². The SMILES string of the molecule is Nc1cc(C(=O)O)cnc1Nc1ccccc1Cl. The second-order valence-corrected chi connectivity index (χ2v) is 3.98. The van der Waals surface area contributed by atoms with Crippen LogP contribution in [0.2, 0.25) is 5.02 Å². The van der Waals surface area contributed by atoms with Gasteiger partial charge in [-0.2, -0.15) is 0 Å². The van der Waals surface area contributed by atoms with E-state index in [-0.39, 0.29) is 11.3 Å². The Bertz CT molecular complexity index is 602. The molecule has 0 amide bonds. The number of carboxylic acids is 1. The Balaban J connectivity index is 2.30. The zero-order chi connectivity index (χ0) is 13.1. The zero-order valence-corrected chi connectivity index (χ0v) is 9.98. The smallest absolute Gasteiger partial charge is 0.337 e. The lowest BCUT2D eigenvalue weighted by molar-refractivity contribution is 0.0696. The molecule has 92 valence electrons. The molecule has 0 spiro atoms. The largest absolute Gasteiger partial charge is 0.478 e. The van der Waals surface area contributed by atoms with Crippen LogP contribution in [0.15, 0.2) is 36.5 Å². The Morgan fingerprint density at radius 2 is 2.11 bits per heavy atom. The van der Waals surface area contributed by atoms with Crippen molar-refractivity contribution in [2.75, 3.05) is 11.1 Å². The van der Waals surface area contributed by atoms with E-state index < -0.39 is 5.97 Å². The fourth-order valence-electron chi connectivity index (χ4n) is 1.39. The van der Waals surface area contributed by atoms with Crippen LogP contribution < -0.4 is 11.1 Å². The number of aromatic carboxylic acids is 1. The monoisotopic (exact) mass is 263 g/mol. The number of carbonyl (C=O) groups is 1. The Kier molecular flexibility index (Phi) is 3.34. The van der Waals surface area contributed by atoms with Gasteiger partial charge in [-0.1, -0.05) is 23.7 Å². The Labute approximate surface area is 108 Å². The maximum absolute atomic E-state index is 10.7.